The van der Waals surface area contributed by atoms with E-state index in [1.807, 2.05) is 0 Å². The van der Waals surface area contributed by atoms with Gasteiger partial charge in [0.1, 0.15) is 0 Å². The van der Waals surface area contributed by atoms with E-state index in [-0.39, 0.29) is 0 Å². The summed E-state index contributed by atoms with van der Waals surface area (Å²) in [6.45, 7) is 14.6. The van der Waals surface area contributed by atoms with Crippen LogP contribution in [-0.4, -0.2) is 30.7 Å². The molecule has 0 N–H and O–H groups in total. The summed E-state index contributed by atoms with van der Waals surface area (Å²) in [4.78, 5) is 12.1. The van der Waals surface area contributed by atoms with Gasteiger partial charge in [-0.15, -0.1) is 0 Å². The van der Waals surface area contributed by atoms with E-state index in [0.29, 0.717) is 10.6 Å². The van der Waals surface area contributed by atoms with Gasteiger partial charge in [-0.25, -0.2) is 0 Å². The van der Waals surface area contributed by atoms with Crippen molar-refractivity contribution in [3.63, 3.8) is 0 Å². The predicted molar refractivity (Wildman–Crippen MR) is 130 cm³/mol. The maximum absolute atomic E-state index is 12.1. The minimum absolute atomic E-state index is 0.358. The van der Waals surface area contributed by atoms with Gasteiger partial charge in [0.2, 0.25) is 0 Å². The lowest BCUT2D eigenvalue weighted by Gasteiger charge is -2.35. The van der Waals surface area contributed by atoms with Gasteiger partial charge >= 0.3 is 0 Å². The number of quaternary nitrogens is 1. The molecule has 4 heteroatoms. The van der Waals surface area contributed by atoms with Crippen molar-refractivity contribution in [2.75, 3.05) is 26.2 Å². The van der Waals surface area contributed by atoms with Gasteiger partial charge in [0.25, 0.3) is 0 Å². The molecule has 2 rings (SSSR count). The molecule has 0 bridgehead atoms. The van der Waals surface area contributed by atoms with E-state index in [1.54, 1.807) is 60.7 Å². The van der Waals surface area contributed by atoms with Crippen LogP contribution in [0.15, 0.2) is 60.7 Å². The maximum atomic E-state index is 12.1. The lowest BCUT2D eigenvalue weighted by molar-refractivity contribution is -0.923. The number of hydrogen-bond donors (Lipinski definition) is 0. The number of hydrogen-bond acceptors (Lipinski definition) is 2. The minimum atomic E-state index is -3.65. The van der Waals surface area contributed by atoms with Crippen molar-refractivity contribution in [2.45, 2.75) is 66.2 Å². The standard InChI is InChI=1S/C14H32N.C12H11O2P/c1-5-9-10-11-12-13-14-15(6-2,7-3)8-4;13-15(14,11-7-3-1-4-8-11)12-9-5-2-6-10-12/h5-14H2,1-4H3;1-10H,(H,13,14)/q+1;/p-1. The minimum Gasteiger partial charge on any atom is -0.793 e. The molecule has 0 unspecified atom stereocenters. The molecule has 0 aromatic heterocycles. The quantitative estimate of drug-likeness (QED) is 0.253. The first-order valence-corrected chi connectivity index (χ1v) is 13.4. The Bertz CT molecular complexity index is 663. The van der Waals surface area contributed by atoms with Crippen molar-refractivity contribution in [1.82, 2.24) is 0 Å². The van der Waals surface area contributed by atoms with Crippen molar-refractivity contribution in [3.05, 3.63) is 60.7 Å². The fourth-order valence-electron chi connectivity index (χ4n) is 3.77. The topological polar surface area (TPSA) is 40.1 Å². The summed E-state index contributed by atoms with van der Waals surface area (Å²) in [6.07, 6.45) is 8.55. The summed E-state index contributed by atoms with van der Waals surface area (Å²) in [6, 6.07) is 16.9. The molecule has 0 saturated heterocycles. The Morgan fingerprint density at radius 2 is 1.07 bits per heavy atom. The van der Waals surface area contributed by atoms with Crippen LogP contribution in [0.2, 0.25) is 0 Å². The van der Waals surface area contributed by atoms with E-state index in [0.717, 1.165) is 0 Å². The molecule has 0 aliphatic heterocycles. The summed E-state index contributed by atoms with van der Waals surface area (Å²) < 4.78 is 13.4. The average molecular weight is 432 g/mol. The Morgan fingerprint density at radius 3 is 1.47 bits per heavy atom. The van der Waals surface area contributed by atoms with E-state index >= 15 is 0 Å². The molecular weight excluding hydrogens is 389 g/mol. The Labute approximate surface area is 185 Å². The van der Waals surface area contributed by atoms with E-state index in [1.165, 1.54) is 69.2 Å². The van der Waals surface area contributed by atoms with Crippen LogP contribution in [-0.2, 0) is 4.57 Å². The highest BCUT2D eigenvalue weighted by molar-refractivity contribution is 7.72. The molecule has 2 aromatic rings. The lowest BCUT2D eigenvalue weighted by Crippen LogP contribution is -2.48. The summed E-state index contributed by atoms with van der Waals surface area (Å²) >= 11 is 0. The molecule has 0 radical (unpaired) electrons. The van der Waals surface area contributed by atoms with E-state index < -0.39 is 7.37 Å². The molecule has 0 saturated carbocycles. The van der Waals surface area contributed by atoms with Crippen LogP contribution in [0.1, 0.15) is 66.2 Å². The molecule has 3 nitrogen and oxygen atoms in total. The lowest BCUT2D eigenvalue weighted by atomic mass is 10.1. The molecule has 2 aromatic carbocycles. The van der Waals surface area contributed by atoms with Gasteiger partial charge < -0.3 is 13.9 Å². The van der Waals surface area contributed by atoms with Gasteiger partial charge in [-0.3, -0.25) is 0 Å². The summed E-state index contributed by atoms with van der Waals surface area (Å²) in [5.74, 6) is 0. The third-order valence-electron chi connectivity index (χ3n) is 6.19. The Kier molecular flexibility index (Phi) is 12.9. The Morgan fingerprint density at radius 1 is 0.667 bits per heavy atom. The summed E-state index contributed by atoms with van der Waals surface area (Å²) in [5.41, 5.74) is 0. The van der Waals surface area contributed by atoms with E-state index in [9.17, 15) is 9.46 Å². The Balaban J connectivity index is 0.000000300. The molecular formula is C26H42NO2P. The number of rotatable bonds is 12. The largest absolute Gasteiger partial charge is 0.793 e. The van der Waals surface area contributed by atoms with E-state index in [2.05, 4.69) is 27.7 Å². The zero-order valence-corrected chi connectivity index (χ0v) is 20.4. The SMILES string of the molecule is CCCCCCCC[N+](CC)(CC)CC.O=P([O-])(c1ccccc1)c1ccccc1. The van der Waals surface area contributed by atoms with Crippen LogP contribution in [0.5, 0.6) is 0 Å². The zero-order chi connectivity index (χ0) is 22.3. The Hall–Kier alpha value is -1.41. The highest BCUT2D eigenvalue weighted by atomic mass is 31.2. The van der Waals surface area contributed by atoms with Crippen molar-refractivity contribution >= 4 is 18.0 Å². The van der Waals surface area contributed by atoms with Crippen molar-refractivity contribution in [1.29, 1.82) is 0 Å². The highest BCUT2D eigenvalue weighted by Crippen LogP contribution is 2.32. The molecule has 0 fully saturated rings. The van der Waals surface area contributed by atoms with Crippen LogP contribution in [0.25, 0.3) is 0 Å². The molecule has 0 aliphatic rings. The molecule has 30 heavy (non-hydrogen) atoms. The van der Waals surface area contributed by atoms with Crippen molar-refractivity contribution in [2.24, 2.45) is 0 Å². The summed E-state index contributed by atoms with van der Waals surface area (Å²) in [5, 5.41) is 0.715. The second-order valence-electron chi connectivity index (χ2n) is 8.00. The van der Waals surface area contributed by atoms with Gasteiger partial charge in [0.15, 0.2) is 0 Å². The second kappa shape index (κ2) is 14.6. The smallest absolute Gasteiger partial charge is 0.0786 e. The van der Waals surface area contributed by atoms with Crippen LogP contribution in [0.3, 0.4) is 0 Å². The third kappa shape index (κ3) is 8.76. The molecule has 168 valence electrons. The monoisotopic (exact) mass is 431 g/mol. The van der Waals surface area contributed by atoms with Crippen molar-refractivity contribution < 1.29 is 13.9 Å². The number of benzene rings is 2. The first-order valence-electron chi connectivity index (χ1n) is 11.7. The van der Waals surface area contributed by atoms with Gasteiger partial charge in [-0.1, -0.05) is 93.3 Å². The third-order valence-corrected chi connectivity index (χ3v) is 8.15. The number of unbranched alkanes of at least 4 members (excludes halogenated alkanes) is 5. The fourth-order valence-corrected chi connectivity index (χ4v) is 5.20. The number of nitrogens with zero attached hydrogens (tertiary/aromatic N) is 1. The first-order chi connectivity index (χ1) is 14.5. The van der Waals surface area contributed by atoms with Crippen LogP contribution in [0.4, 0.5) is 0 Å². The zero-order valence-electron chi connectivity index (χ0n) is 19.6. The van der Waals surface area contributed by atoms with Gasteiger partial charge in [0.05, 0.1) is 33.5 Å². The first kappa shape index (κ1) is 26.6. The average Bonchev–Trinajstić information content (AvgIpc) is 2.81. The van der Waals surface area contributed by atoms with Crippen LogP contribution < -0.4 is 15.5 Å². The van der Waals surface area contributed by atoms with Gasteiger partial charge in [0, 0.05) is 10.6 Å². The van der Waals surface area contributed by atoms with Crippen molar-refractivity contribution in [3.8, 4) is 0 Å². The molecule has 0 heterocycles. The fraction of sp³-hybridized carbons (Fsp3) is 0.538. The maximum Gasteiger partial charge on any atom is 0.0786 e. The molecule has 0 amide bonds. The summed E-state index contributed by atoms with van der Waals surface area (Å²) in [7, 11) is -3.65. The second-order valence-corrected chi connectivity index (χ2v) is 10.1. The molecule has 0 spiro atoms. The highest BCUT2D eigenvalue weighted by Gasteiger charge is 2.19. The van der Waals surface area contributed by atoms with Crippen LogP contribution in [0, 0.1) is 0 Å². The molecule has 0 atom stereocenters. The predicted octanol–water partition coefficient (Wildman–Crippen LogP) is 5.50. The normalized spacial score (nSPS) is 11.6. The van der Waals surface area contributed by atoms with Gasteiger partial charge in [-0.2, -0.15) is 0 Å². The molecule has 0 aliphatic carbocycles. The van der Waals surface area contributed by atoms with Crippen LogP contribution >= 0.6 is 7.37 Å². The van der Waals surface area contributed by atoms with E-state index in [4.69, 9.17) is 0 Å². The van der Waals surface area contributed by atoms with Gasteiger partial charge in [-0.05, 0) is 33.6 Å².